The highest BCUT2D eigenvalue weighted by Crippen LogP contribution is 2.45. The van der Waals surface area contributed by atoms with Gasteiger partial charge in [0.05, 0.1) is 26.4 Å². The van der Waals surface area contributed by atoms with Crippen LogP contribution in [0.5, 0.6) is 0 Å². The molecule has 0 aromatic rings. The number of unbranched alkanes of at least 4 members (excludes halogenated alkanes) is 17. The number of carbonyl (C=O) groups is 4. The number of phosphoric acid groups is 2. The highest BCUT2D eigenvalue weighted by Gasteiger charge is 2.30. The molecule has 0 aromatic heterocycles. The molecule has 19 heteroatoms. The van der Waals surface area contributed by atoms with Crippen LogP contribution in [0.25, 0.3) is 0 Å². The minimum atomic E-state index is -5.01. The van der Waals surface area contributed by atoms with E-state index in [1.807, 2.05) is 12.2 Å². The number of rotatable bonds is 73. The Bertz CT molecular complexity index is 2730. The Morgan fingerprint density at radius 3 is 0.802 bits per heavy atom. The summed E-state index contributed by atoms with van der Waals surface area (Å²) >= 11 is 0. The van der Waals surface area contributed by atoms with Crippen molar-refractivity contribution in [3.63, 3.8) is 0 Å². The second kappa shape index (κ2) is 77.3. The number of allylic oxidation sites excluding steroid dienone is 30. The molecule has 0 saturated carbocycles. The van der Waals surface area contributed by atoms with Crippen molar-refractivity contribution in [1.29, 1.82) is 0 Å². The van der Waals surface area contributed by atoms with Gasteiger partial charge in [-0.2, -0.15) is 0 Å². The minimum Gasteiger partial charge on any atom is -0.462 e. The standard InChI is InChI=1S/C87H140O17P2/c1-5-9-13-17-21-25-29-33-36-39-40-43-45-49-52-56-60-64-68-72-85(90)98-78-83(104-87(92)74-70-66-62-58-54-50-46-42-38-35-31-27-23-19-15-11-7-3)80-102-106(95,96)100-76-81(88)75-99-105(93,94)101-79-82(103-86(91)73-69-65-61-57-53-47-32-28-24-20-16-12-8-4)77-97-84(89)71-67-63-59-55-51-48-44-41-37-34-30-26-22-18-14-10-6-2/h9-11,13-16,20-23,25-28,32-38,40,43,46,49-50,52,58,62,81-83,88H,5-8,12,17-19,24,29-31,39,41-42,44-45,47-48,51,53-57,59-61,63-80H2,1-4H3,(H,93,94)(H,95,96)/b13-9-,14-10-,15-11-,20-16-,25-21-,26-22-,27-23-,32-28-,36-33-,37-34-,38-35-,43-40-,50-46-,52-49-,62-58-. The topological polar surface area (TPSA) is 237 Å². The van der Waals surface area contributed by atoms with Crippen LogP contribution in [0.15, 0.2) is 182 Å². The van der Waals surface area contributed by atoms with Gasteiger partial charge in [-0.05, 0) is 167 Å². The molecule has 0 spiro atoms. The molecule has 3 N–H and O–H groups in total. The van der Waals surface area contributed by atoms with Gasteiger partial charge in [0, 0.05) is 25.7 Å². The molecule has 0 aliphatic heterocycles. The zero-order chi connectivity index (χ0) is 77.4. The number of phosphoric ester groups is 2. The van der Waals surface area contributed by atoms with E-state index in [0.717, 1.165) is 199 Å². The fourth-order valence-corrected chi connectivity index (χ4v) is 11.4. The van der Waals surface area contributed by atoms with Gasteiger partial charge in [-0.15, -0.1) is 0 Å². The molecule has 5 atom stereocenters. The summed E-state index contributed by atoms with van der Waals surface area (Å²) in [7, 11) is -10.0. The van der Waals surface area contributed by atoms with Crippen molar-refractivity contribution >= 4 is 39.5 Å². The average molecular weight is 1520 g/mol. The predicted molar refractivity (Wildman–Crippen MR) is 436 cm³/mol. The summed E-state index contributed by atoms with van der Waals surface area (Å²) in [4.78, 5) is 73.0. The van der Waals surface area contributed by atoms with E-state index in [-0.39, 0.29) is 25.7 Å². The molecule has 0 rings (SSSR count). The van der Waals surface area contributed by atoms with Crippen LogP contribution >= 0.6 is 15.6 Å². The molecule has 0 amide bonds. The second-order valence-electron chi connectivity index (χ2n) is 25.9. The third kappa shape index (κ3) is 76.4. The molecule has 0 bridgehead atoms. The largest absolute Gasteiger partial charge is 0.472 e. The van der Waals surface area contributed by atoms with E-state index in [0.29, 0.717) is 32.1 Å². The quantitative estimate of drug-likeness (QED) is 0.0169. The van der Waals surface area contributed by atoms with E-state index in [4.69, 9.17) is 37.0 Å². The van der Waals surface area contributed by atoms with Crippen LogP contribution in [-0.2, 0) is 65.4 Å². The van der Waals surface area contributed by atoms with Crippen molar-refractivity contribution in [1.82, 2.24) is 0 Å². The molecule has 0 saturated heterocycles. The van der Waals surface area contributed by atoms with Gasteiger partial charge in [0.15, 0.2) is 12.2 Å². The Hall–Kier alpha value is -5.84. The van der Waals surface area contributed by atoms with Gasteiger partial charge in [0.1, 0.15) is 19.3 Å². The SMILES string of the molecule is CC/C=C\C/C=C\C/C=C\C/C=C\C/C=C\CCCCCC(=O)OCC(COP(=O)(O)OCC(O)COP(=O)(O)OCC(COC(=O)CCCCCCCCC/C=C\C/C=C\C/C=C\CC)OC(=O)CCCCCCC/C=C\C/C=C\CCC)OC(=O)CCC/C=C\C/C=C\C/C=C\C/C=C\C/C=C\CC. The number of hydrogen-bond donors (Lipinski definition) is 3. The third-order valence-corrected chi connectivity index (χ3v) is 17.7. The highest BCUT2D eigenvalue weighted by molar-refractivity contribution is 7.47. The summed E-state index contributed by atoms with van der Waals surface area (Å²) < 4.78 is 68.5. The van der Waals surface area contributed by atoms with Crippen molar-refractivity contribution in [2.75, 3.05) is 39.6 Å². The zero-order valence-electron chi connectivity index (χ0n) is 65.5. The van der Waals surface area contributed by atoms with Gasteiger partial charge < -0.3 is 33.8 Å². The molecule has 5 unspecified atom stereocenters. The summed E-state index contributed by atoms with van der Waals surface area (Å²) in [5, 5.41) is 10.6. The Balaban J connectivity index is 5.47. The van der Waals surface area contributed by atoms with E-state index in [1.165, 1.54) is 0 Å². The first kappa shape index (κ1) is 100. The minimum absolute atomic E-state index is 0.00147. The second-order valence-corrected chi connectivity index (χ2v) is 28.8. The Labute approximate surface area is 641 Å². The molecule has 0 heterocycles. The van der Waals surface area contributed by atoms with Crippen LogP contribution < -0.4 is 0 Å². The summed E-state index contributed by atoms with van der Waals surface area (Å²) in [5.41, 5.74) is 0. The maximum Gasteiger partial charge on any atom is 0.472 e. The fraction of sp³-hybridized carbons (Fsp3) is 0.609. The maximum absolute atomic E-state index is 13.1. The third-order valence-electron chi connectivity index (χ3n) is 15.8. The van der Waals surface area contributed by atoms with Gasteiger partial charge in [-0.3, -0.25) is 37.3 Å². The molecule has 600 valence electrons. The lowest BCUT2D eigenvalue weighted by atomic mass is 10.1. The van der Waals surface area contributed by atoms with Gasteiger partial charge >= 0.3 is 39.5 Å². The van der Waals surface area contributed by atoms with Gasteiger partial charge in [0.2, 0.25) is 0 Å². The van der Waals surface area contributed by atoms with E-state index >= 15 is 0 Å². The summed E-state index contributed by atoms with van der Waals surface area (Å²) in [5.74, 6) is -2.32. The monoisotopic (exact) mass is 1520 g/mol. The van der Waals surface area contributed by atoms with Crippen LogP contribution in [0.4, 0.5) is 0 Å². The van der Waals surface area contributed by atoms with Crippen molar-refractivity contribution in [3.05, 3.63) is 182 Å². The fourth-order valence-electron chi connectivity index (χ4n) is 9.86. The average Bonchev–Trinajstić information content (AvgIpc) is 0.907. The molecular formula is C87H140O17P2. The Morgan fingerprint density at radius 1 is 0.274 bits per heavy atom. The predicted octanol–water partition coefficient (Wildman–Crippen LogP) is 23.6. The smallest absolute Gasteiger partial charge is 0.462 e. The van der Waals surface area contributed by atoms with Crippen molar-refractivity contribution in [3.8, 4) is 0 Å². The van der Waals surface area contributed by atoms with Gasteiger partial charge in [0.25, 0.3) is 0 Å². The van der Waals surface area contributed by atoms with E-state index in [9.17, 15) is 43.2 Å². The van der Waals surface area contributed by atoms with E-state index in [2.05, 4.69) is 198 Å². The first-order chi connectivity index (χ1) is 51.7. The number of aliphatic hydroxyl groups is 1. The lowest BCUT2D eigenvalue weighted by Gasteiger charge is -2.21. The van der Waals surface area contributed by atoms with Crippen molar-refractivity contribution in [2.45, 2.75) is 303 Å². The molecule has 0 aromatic carbocycles. The summed E-state index contributed by atoms with van der Waals surface area (Å²) in [6, 6.07) is 0. The number of carbonyl (C=O) groups excluding carboxylic acids is 4. The molecule has 0 aliphatic carbocycles. The number of esters is 4. The Morgan fingerprint density at radius 2 is 0.500 bits per heavy atom. The highest BCUT2D eigenvalue weighted by atomic mass is 31.2. The Kier molecular flexibility index (Phi) is 73.1. The van der Waals surface area contributed by atoms with Crippen LogP contribution in [0.3, 0.4) is 0 Å². The van der Waals surface area contributed by atoms with Gasteiger partial charge in [-0.25, -0.2) is 9.13 Å². The summed E-state index contributed by atoms with van der Waals surface area (Å²) in [6.07, 6.45) is 93.1. The molecule has 0 radical (unpaired) electrons. The van der Waals surface area contributed by atoms with Crippen LogP contribution in [0.2, 0.25) is 0 Å². The lowest BCUT2D eigenvalue weighted by molar-refractivity contribution is -0.161. The normalized spacial score (nSPS) is 14.8. The van der Waals surface area contributed by atoms with Crippen molar-refractivity contribution < 1.29 is 80.2 Å². The molecule has 17 nitrogen and oxygen atoms in total. The van der Waals surface area contributed by atoms with E-state index in [1.54, 1.807) is 0 Å². The lowest BCUT2D eigenvalue weighted by Crippen LogP contribution is -2.30. The molecule has 0 fully saturated rings. The zero-order valence-corrected chi connectivity index (χ0v) is 67.3. The molecule has 0 aliphatic rings. The van der Waals surface area contributed by atoms with Gasteiger partial charge in [-0.1, -0.05) is 274 Å². The molecule has 106 heavy (non-hydrogen) atoms. The maximum atomic E-state index is 13.1. The first-order valence-corrected chi connectivity index (χ1v) is 43.0. The number of hydrogen-bond acceptors (Lipinski definition) is 15. The van der Waals surface area contributed by atoms with E-state index < -0.39 is 97.5 Å². The van der Waals surface area contributed by atoms with Crippen molar-refractivity contribution in [2.24, 2.45) is 0 Å². The molecular weight excluding hydrogens is 1380 g/mol. The van der Waals surface area contributed by atoms with Crippen LogP contribution in [0.1, 0.15) is 285 Å². The van der Waals surface area contributed by atoms with Crippen LogP contribution in [-0.4, -0.2) is 96.7 Å². The summed E-state index contributed by atoms with van der Waals surface area (Å²) in [6.45, 7) is 4.32. The van der Waals surface area contributed by atoms with Crippen LogP contribution in [0, 0.1) is 0 Å². The first-order valence-electron chi connectivity index (χ1n) is 40.0. The number of aliphatic hydroxyl groups excluding tert-OH is 1. The number of ether oxygens (including phenoxy) is 4.